The second-order valence-corrected chi connectivity index (χ2v) is 8.48. The number of amides is 1. The lowest BCUT2D eigenvalue weighted by atomic mass is 9.95. The predicted molar refractivity (Wildman–Crippen MR) is 109 cm³/mol. The highest BCUT2D eigenvalue weighted by atomic mass is 16.2. The molecule has 2 aromatic heterocycles. The number of fused-ring (bicyclic) bond motifs is 2. The highest BCUT2D eigenvalue weighted by Crippen LogP contribution is 2.24. The first kappa shape index (κ1) is 19.9. The molecule has 2 aromatic rings. The van der Waals surface area contributed by atoms with Crippen molar-refractivity contribution in [3.05, 3.63) is 33.3 Å². The molecule has 1 aliphatic carbocycles. The van der Waals surface area contributed by atoms with E-state index in [0.717, 1.165) is 62.2 Å². The number of hydrogen-bond donors (Lipinski definition) is 1. The molecule has 4 rings (SSSR count). The Morgan fingerprint density at radius 1 is 1.17 bits per heavy atom. The van der Waals surface area contributed by atoms with E-state index in [2.05, 4.69) is 15.5 Å². The third-order valence-electron chi connectivity index (χ3n) is 6.05. The Bertz CT molecular complexity index is 953. The summed E-state index contributed by atoms with van der Waals surface area (Å²) in [5.74, 6) is 0.777. The van der Waals surface area contributed by atoms with Gasteiger partial charge in [-0.05, 0) is 52.6 Å². The van der Waals surface area contributed by atoms with Crippen molar-refractivity contribution in [2.75, 3.05) is 20.6 Å². The maximum Gasteiger partial charge on any atom is 0.345 e. The summed E-state index contributed by atoms with van der Waals surface area (Å²) < 4.78 is 5.07. The van der Waals surface area contributed by atoms with E-state index in [-0.39, 0.29) is 17.6 Å². The summed E-state index contributed by atoms with van der Waals surface area (Å²) in [5, 5.41) is 12.3. The number of aryl methyl sites for hydroxylation is 3. The molecule has 0 spiro atoms. The van der Waals surface area contributed by atoms with Crippen LogP contribution in [0.2, 0.25) is 0 Å². The molecule has 0 saturated heterocycles. The molecule has 1 atom stereocenters. The summed E-state index contributed by atoms with van der Waals surface area (Å²) in [6.07, 6.45) is 6.36. The molecule has 158 valence electrons. The van der Waals surface area contributed by atoms with Crippen LogP contribution in [0, 0.1) is 0 Å². The number of carbonyl (C=O) groups excluding carboxylic acids is 1. The molecule has 3 heterocycles. The standard InChI is InChI=1S/C20H31N7O2/c1-24(2)12-13-27-20(29)26-11-10-14(8-9-17(26)23-27)21-19(28)18-15-6-4-5-7-16(15)22-25(18)3/h14H,4-13H2,1-3H3,(H,21,28). The Labute approximate surface area is 170 Å². The fourth-order valence-corrected chi connectivity index (χ4v) is 4.43. The predicted octanol–water partition coefficient (Wildman–Crippen LogP) is 0.354. The van der Waals surface area contributed by atoms with E-state index in [4.69, 9.17) is 0 Å². The molecule has 0 radical (unpaired) electrons. The van der Waals surface area contributed by atoms with E-state index in [0.29, 0.717) is 25.2 Å². The molecule has 29 heavy (non-hydrogen) atoms. The number of hydrogen-bond acceptors (Lipinski definition) is 5. The van der Waals surface area contributed by atoms with Crippen molar-refractivity contribution in [1.82, 2.24) is 34.3 Å². The summed E-state index contributed by atoms with van der Waals surface area (Å²) in [6.45, 7) is 1.96. The van der Waals surface area contributed by atoms with E-state index >= 15 is 0 Å². The van der Waals surface area contributed by atoms with Crippen LogP contribution in [-0.4, -0.2) is 61.6 Å². The molecule has 0 bridgehead atoms. The first-order valence-corrected chi connectivity index (χ1v) is 10.6. The number of nitrogens with zero attached hydrogens (tertiary/aromatic N) is 6. The fraction of sp³-hybridized carbons (Fsp3) is 0.700. The van der Waals surface area contributed by atoms with Crippen LogP contribution < -0.4 is 11.0 Å². The van der Waals surface area contributed by atoms with Crippen LogP contribution >= 0.6 is 0 Å². The first-order valence-electron chi connectivity index (χ1n) is 10.6. The van der Waals surface area contributed by atoms with E-state index < -0.39 is 0 Å². The number of nitrogens with one attached hydrogen (secondary N) is 1. The summed E-state index contributed by atoms with van der Waals surface area (Å²) in [6, 6.07) is 0.0352. The van der Waals surface area contributed by atoms with Gasteiger partial charge in [0.25, 0.3) is 5.91 Å². The zero-order valence-electron chi connectivity index (χ0n) is 17.6. The smallest absolute Gasteiger partial charge is 0.345 e. The Balaban J connectivity index is 1.43. The maximum atomic E-state index is 13.0. The van der Waals surface area contributed by atoms with Gasteiger partial charge in [-0.3, -0.25) is 14.0 Å². The van der Waals surface area contributed by atoms with Crippen LogP contribution in [0.1, 0.15) is 53.3 Å². The zero-order valence-corrected chi connectivity index (χ0v) is 17.6. The van der Waals surface area contributed by atoms with Crippen molar-refractivity contribution < 1.29 is 4.79 Å². The van der Waals surface area contributed by atoms with Gasteiger partial charge in [-0.1, -0.05) is 0 Å². The first-order chi connectivity index (χ1) is 13.9. The molecule has 1 unspecified atom stereocenters. The monoisotopic (exact) mass is 401 g/mol. The van der Waals surface area contributed by atoms with Gasteiger partial charge in [0, 0.05) is 38.2 Å². The second kappa shape index (κ2) is 8.14. The van der Waals surface area contributed by atoms with Gasteiger partial charge in [0.2, 0.25) is 0 Å². The molecule has 0 fully saturated rings. The lowest BCUT2D eigenvalue weighted by molar-refractivity contribution is 0.0922. The van der Waals surface area contributed by atoms with Crippen molar-refractivity contribution >= 4 is 5.91 Å². The minimum atomic E-state index is -0.0467. The van der Waals surface area contributed by atoms with Gasteiger partial charge in [0.15, 0.2) is 0 Å². The van der Waals surface area contributed by atoms with E-state index in [1.807, 2.05) is 26.0 Å². The number of carbonyl (C=O) groups is 1. The van der Waals surface area contributed by atoms with Gasteiger partial charge >= 0.3 is 5.69 Å². The minimum Gasteiger partial charge on any atom is -0.348 e. The second-order valence-electron chi connectivity index (χ2n) is 8.48. The molecule has 1 N–H and O–H groups in total. The molecular formula is C20H31N7O2. The largest absolute Gasteiger partial charge is 0.348 e. The third-order valence-corrected chi connectivity index (χ3v) is 6.05. The van der Waals surface area contributed by atoms with Crippen molar-refractivity contribution in [3.63, 3.8) is 0 Å². The van der Waals surface area contributed by atoms with Crippen LogP contribution in [-0.2, 0) is 39.4 Å². The topological polar surface area (TPSA) is 90.0 Å². The molecule has 2 aliphatic rings. The average molecular weight is 402 g/mol. The lowest BCUT2D eigenvalue weighted by Gasteiger charge is -2.17. The van der Waals surface area contributed by atoms with E-state index in [1.165, 1.54) is 0 Å². The van der Waals surface area contributed by atoms with Gasteiger partial charge in [-0.25, -0.2) is 9.48 Å². The number of rotatable bonds is 5. The lowest BCUT2D eigenvalue weighted by Crippen LogP contribution is -2.37. The summed E-state index contributed by atoms with van der Waals surface area (Å²) in [5.41, 5.74) is 2.84. The summed E-state index contributed by atoms with van der Waals surface area (Å²) in [4.78, 5) is 27.7. The molecular weight excluding hydrogens is 370 g/mol. The van der Waals surface area contributed by atoms with Crippen molar-refractivity contribution in [2.24, 2.45) is 7.05 Å². The molecule has 9 heteroatoms. The molecule has 0 saturated carbocycles. The molecule has 0 aromatic carbocycles. The highest BCUT2D eigenvalue weighted by Gasteiger charge is 2.27. The number of aromatic nitrogens is 5. The van der Waals surface area contributed by atoms with Crippen LogP contribution in [0.4, 0.5) is 0 Å². The highest BCUT2D eigenvalue weighted by molar-refractivity contribution is 5.94. The summed E-state index contributed by atoms with van der Waals surface area (Å²) >= 11 is 0. The van der Waals surface area contributed by atoms with Crippen LogP contribution in [0.5, 0.6) is 0 Å². The SMILES string of the molecule is CN(C)CCn1nc2n(c1=O)CCC(NC(=O)c1c3c(nn1C)CCCC3)CC2. The van der Waals surface area contributed by atoms with Gasteiger partial charge in [0.05, 0.1) is 12.2 Å². The maximum absolute atomic E-state index is 13.0. The Hall–Kier alpha value is -2.42. The van der Waals surface area contributed by atoms with Gasteiger partial charge in [-0.15, -0.1) is 0 Å². The van der Waals surface area contributed by atoms with Gasteiger partial charge in [-0.2, -0.15) is 10.2 Å². The van der Waals surface area contributed by atoms with Crippen molar-refractivity contribution in [1.29, 1.82) is 0 Å². The normalized spacial score (nSPS) is 19.0. The fourth-order valence-electron chi connectivity index (χ4n) is 4.43. The summed E-state index contributed by atoms with van der Waals surface area (Å²) in [7, 11) is 5.82. The van der Waals surface area contributed by atoms with E-state index in [9.17, 15) is 9.59 Å². The average Bonchev–Trinajstić information content (AvgIpc) is 3.09. The quantitative estimate of drug-likeness (QED) is 0.781. The van der Waals surface area contributed by atoms with Gasteiger partial charge < -0.3 is 10.2 Å². The van der Waals surface area contributed by atoms with E-state index in [1.54, 1.807) is 13.9 Å². The third kappa shape index (κ3) is 4.01. The zero-order chi connectivity index (χ0) is 20.5. The van der Waals surface area contributed by atoms with Crippen molar-refractivity contribution in [2.45, 2.75) is 64.1 Å². The molecule has 1 amide bonds. The van der Waals surface area contributed by atoms with Gasteiger partial charge in [0.1, 0.15) is 11.5 Å². The van der Waals surface area contributed by atoms with Crippen LogP contribution in [0.15, 0.2) is 4.79 Å². The Morgan fingerprint density at radius 3 is 2.76 bits per heavy atom. The molecule has 1 aliphatic heterocycles. The van der Waals surface area contributed by atoms with Crippen molar-refractivity contribution in [3.8, 4) is 0 Å². The van der Waals surface area contributed by atoms with Crippen LogP contribution in [0.25, 0.3) is 0 Å². The number of likely N-dealkylation sites (N-methyl/N-ethyl adjacent to an activating group) is 1. The Morgan fingerprint density at radius 2 is 1.97 bits per heavy atom. The van der Waals surface area contributed by atoms with Crippen LogP contribution in [0.3, 0.4) is 0 Å². The Kier molecular flexibility index (Phi) is 5.58. The molecule has 9 nitrogen and oxygen atoms in total. The minimum absolute atomic E-state index is 0.0352.